The first-order chi connectivity index (χ1) is 13.0. The van der Waals surface area contributed by atoms with Gasteiger partial charge in [0.2, 0.25) is 0 Å². The summed E-state index contributed by atoms with van der Waals surface area (Å²) in [5, 5.41) is 2.92. The van der Waals surface area contributed by atoms with E-state index in [2.05, 4.69) is 34.0 Å². The van der Waals surface area contributed by atoms with Crippen molar-refractivity contribution < 1.29 is 4.39 Å². The minimum Gasteiger partial charge on any atom is -0.385 e. The zero-order valence-electron chi connectivity index (χ0n) is 17.1. The van der Waals surface area contributed by atoms with Crippen LogP contribution >= 0.6 is 0 Å². The Hall–Kier alpha value is -2.08. The number of nitrogens with one attached hydrogen (secondary N) is 1. The predicted molar refractivity (Wildman–Crippen MR) is 112 cm³/mol. The first-order valence-electron chi connectivity index (χ1n) is 9.96. The van der Waals surface area contributed by atoms with Crippen LogP contribution in [-0.4, -0.2) is 48.4 Å². The third-order valence-corrected chi connectivity index (χ3v) is 5.40. The Morgan fingerprint density at radius 2 is 2.00 bits per heavy atom. The average Bonchev–Trinajstić information content (AvgIpc) is 2.69. The van der Waals surface area contributed by atoms with Crippen LogP contribution < -0.4 is 11.1 Å². The van der Waals surface area contributed by atoms with Crippen LogP contribution in [0.15, 0.2) is 52.3 Å². The number of nitrogens with two attached hydrogens (primary N) is 1. The number of likely N-dealkylation sites (N-methyl/N-ethyl adjacent to an activating group) is 1. The van der Waals surface area contributed by atoms with Gasteiger partial charge in [0.05, 0.1) is 0 Å². The Morgan fingerprint density at radius 1 is 1.30 bits per heavy atom. The molecule has 0 aromatic heterocycles. The molecule has 6 heteroatoms. The molecule has 1 fully saturated rings. The molecule has 5 nitrogen and oxygen atoms in total. The first kappa shape index (κ1) is 21.2. The van der Waals surface area contributed by atoms with E-state index >= 15 is 0 Å². The van der Waals surface area contributed by atoms with Gasteiger partial charge >= 0.3 is 0 Å². The van der Waals surface area contributed by atoms with E-state index < -0.39 is 0 Å². The van der Waals surface area contributed by atoms with Gasteiger partial charge in [0.1, 0.15) is 5.82 Å². The van der Waals surface area contributed by atoms with E-state index in [1.165, 1.54) is 5.70 Å². The van der Waals surface area contributed by atoms with E-state index in [0.717, 1.165) is 45.6 Å². The predicted octanol–water partition coefficient (Wildman–Crippen LogP) is 3.50. The number of amidine groups is 1. The largest absolute Gasteiger partial charge is 0.385 e. The fourth-order valence-corrected chi connectivity index (χ4v) is 3.28. The lowest BCUT2D eigenvalue weighted by Crippen LogP contribution is -2.45. The van der Waals surface area contributed by atoms with Gasteiger partial charge in [-0.15, -0.1) is 0 Å². The van der Waals surface area contributed by atoms with E-state index in [4.69, 9.17) is 5.73 Å². The number of piperazine rings is 1. The molecule has 0 bridgehead atoms. The highest BCUT2D eigenvalue weighted by Gasteiger charge is 2.17. The summed E-state index contributed by atoms with van der Waals surface area (Å²) in [7, 11) is 0. The van der Waals surface area contributed by atoms with Gasteiger partial charge in [0.15, 0.2) is 11.7 Å². The molecule has 0 aromatic rings. The van der Waals surface area contributed by atoms with Gasteiger partial charge in [-0.25, -0.2) is 9.38 Å². The molecule has 2 heterocycles. The molecule has 0 saturated carbocycles. The Labute approximate surface area is 163 Å². The van der Waals surface area contributed by atoms with Crippen LogP contribution in [0.25, 0.3) is 0 Å². The van der Waals surface area contributed by atoms with Gasteiger partial charge in [-0.05, 0) is 50.0 Å². The Morgan fingerprint density at radius 3 is 2.63 bits per heavy atom. The minimum absolute atomic E-state index is 0.145. The van der Waals surface area contributed by atoms with Crippen molar-refractivity contribution >= 4 is 5.84 Å². The molecule has 3 N–H and O–H groups in total. The maximum atomic E-state index is 14.7. The number of hydrogen-bond donors (Lipinski definition) is 2. The van der Waals surface area contributed by atoms with E-state index in [-0.39, 0.29) is 17.6 Å². The maximum absolute atomic E-state index is 14.7. The minimum atomic E-state index is -0.321. The quantitative estimate of drug-likeness (QED) is 0.722. The van der Waals surface area contributed by atoms with Crippen LogP contribution in [0, 0.1) is 5.92 Å². The number of hydrogen-bond acceptors (Lipinski definition) is 5. The van der Waals surface area contributed by atoms with Crippen molar-refractivity contribution in [2.45, 2.75) is 40.5 Å². The topological polar surface area (TPSA) is 56.9 Å². The molecule has 2 aliphatic rings. The average molecular weight is 376 g/mol. The zero-order valence-corrected chi connectivity index (χ0v) is 17.1. The van der Waals surface area contributed by atoms with Crippen molar-refractivity contribution in [3.8, 4) is 0 Å². The van der Waals surface area contributed by atoms with Crippen LogP contribution in [0.1, 0.15) is 40.5 Å². The van der Waals surface area contributed by atoms with Crippen molar-refractivity contribution in [2.24, 2.45) is 16.6 Å². The molecule has 2 aliphatic heterocycles. The summed E-state index contributed by atoms with van der Waals surface area (Å²) in [5.74, 6) is 0.384. The highest BCUT2D eigenvalue weighted by Crippen LogP contribution is 2.22. The van der Waals surface area contributed by atoms with Crippen molar-refractivity contribution in [3.63, 3.8) is 0 Å². The molecular weight excluding hydrogens is 341 g/mol. The van der Waals surface area contributed by atoms with Gasteiger partial charge < -0.3 is 20.9 Å². The van der Waals surface area contributed by atoms with Gasteiger partial charge in [-0.1, -0.05) is 26.8 Å². The van der Waals surface area contributed by atoms with E-state index in [1.54, 1.807) is 13.1 Å². The lowest BCUT2D eigenvalue weighted by atomic mass is 9.97. The van der Waals surface area contributed by atoms with Crippen LogP contribution in [-0.2, 0) is 0 Å². The van der Waals surface area contributed by atoms with Crippen molar-refractivity contribution in [2.75, 3.05) is 32.7 Å². The van der Waals surface area contributed by atoms with Gasteiger partial charge in [-0.2, -0.15) is 0 Å². The molecule has 0 aliphatic carbocycles. The normalized spacial score (nSPS) is 23.2. The molecule has 0 aromatic carbocycles. The molecule has 1 atom stereocenters. The standard InChI is InChI=1S/C21H34FN5/c1-5-18(27-14-12-26(6-2)13-15-27)9-10-19(23)25-21-20(22)17(4)16(3)8-7-11-24-21/h7,9-11,16H,5-6,8,12-15,23H2,1-4H3,(H,24,25)/b11-7?,18-9+,19-10+,20-17?. The number of nitrogens with zero attached hydrogens (tertiary/aromatic N) is 3. The summed E-state index contributed by atoms with van der Waals surface area (Å²) < 4.78 is 14.7. The highest BCUT2D eigenvalue weighted by molar-refractivity contribution is 5.98. The van der Waals surface area contributed by atoms with Crippen LogP contribution in [0.4, 0.5) is 4.39 Å². The molecule has 1 saturated heterocycles. The Kier molecular flexibility index (Phi) is 8.10. The molecule has 0 spiro atoms. The van der Waals surface area contributed by atoms with Crippen molar-refractivity contribution in [3.05, 3.63) is 47.3 Å². The summed E-state index contributed by atoms with van der Waals surface area (Å²) >= 11 is 0. The maximum Gasteiger partial charge on any atom is 0.167 e. The number of allylic oxidation sites excluding steroid dienone is 5. The van der Waals surface area contributed by atoms with Crippen LogP contribution in [0.3, 0.4) is 0 Å². The molecule has 0 amide bonds. The second-order valence-corrected chi connectivity index (χ2v) is 7.18. The van der Waals surface area contributed by atoms with E-state index in [0.29, 0.717) is 11.4 Å². The smallest absolute Gasteiger partial charge is 0.167 e. The lowest BCUT2D eigenvalue weighted by molar-refractivity contribution is 0.162. The van der Waals surface area contributed by atoms with Crippen molar-refractivity contribution in [1.29, 1.82) is 0 Å². The first-order valence-corrected chi connectivity index (χ1v) is 9.96. The summed E-state index contributed by atoms with van der Waals surface area (Å²) in [6.45, 7) is 13.5. The molecular formula is C21H34FN5. The van der Waals surface area contributed by atoms with Gasteiger partial charge in [0.25, 0.3) is 0 Å². The molecule has 0 radical (unpaired) electrons. The SMILES string of the molecule is CC/C(=C\C=C(/N)NC1=NC=CCC(C)C(C)=C1F)N1CCN(CC)CC1. The van der Waals surface area contributed by atoms with Crippen molar-refractivity contribution in [1.82, 2.24) is 15.1 Å². The summed E-state index contributed by atoms with van der Waals surface area (Å²) in [6.07, 6.45) is 9.15. The third-order valence-electron chi connectivity index (χ3n) is 5.40. The molecule has 2 rings (SSSR count). The monoisotopic (exact) mass is 375 g/mol. The number of halogens is 1. The molecule has 27 heavy (non-hydrogen) atoms. The second kappa shape index (κ2) is 10.3. The zero-order chi connectivity index (χ0) is 19.8. The fraction of sp³-hybridized carbons (Fsp3) is 0.571. The van der Waals surface area contributed by atoms with E-state index in [9.17, 15) is 4.39 Å². The fourth-order valence-electron chi connectivity index (χ4n) is 3.28. The molecule has 150 valence electrons. The summed E-state index contributed by atoms with van der Waals surface area (Å²) in [6, 6.07) is 0. The third kappa shape index (κ3) is 5.96. The lowest BCUT2D eigenvalue weighted by Gasteiger charge is -2.36. The van der Waals surface area contributed by atoms with Gasteiger partial charge in [0, 0.05) is 38.1 Å². The highest BCUT2D eigenvalue weighted by atomic mass is 19.1. The second-order valence-electron chi connectivity index (χ2n) is 7.18. The molecule has 1 unspecified atom stereocenters. The van der Waals surface area contributed by atoms with Crippen LogP contribution in [0.2, 0.25) is 0 Å². The number of aliphatic imine (C=N–C) groups is 1. The number of rotatable bonds is 5. The van der Waals surface area contributed by atoms with Crippen LogP contribution in [0.5, 0.6) is 0 Å². The summed E-state index contributed by atoms with van der Waals surface area (Å²) in [4.78, 5) is 9.03. The Balaban J connectivity index is 2.08. The summed E-state index contributed by atoms with van der Waals surface area (Å²) in [5.41, 5.74) is 8.04. The van der Waals surface area contributed by atoms with Gasteiger partial charge in [-0.3, -0.25) is 0 Å². The Bertz CT molecular complexity index is 651. The van der Waals surface area contributed by atoms with E-state index in [1.807, 2.05) is 25.2 Å².